The first-order valence-electron chi connectivity index (χ1n) is 8.33. The van der Waals surface area contributed by atoms with Crippen molar-refractivity contribution < 1.29 is 9.18 Å². The van der Waals surface area contributed by atoms with Gasteiger partial charge >= 0.3 is 0 Å². The number of nitrogens with one attached hydrogen (secondary N) is 1. The number of halogens is 1. The van der Waals surface area contributed by atoms with Crippen molar-refractivity contribution >= 4 is 11.9 Å². The number of rotatable bonds is 2. The number of piperidine rings is 1. The zero-order chi connectivity index (χ0) is 18.0. The molecule has 1 amide bonds. The number of nitrogens with two attached hydrogens (primary N) is 1. The van der Waals surface area contributed by atoms with E-state index in [0.717, 1.165) is 19.4 Å². The molecule has 2 unspecified atom stereocenters. The minimum Gasteiger partial charge on any atom is -0.339 e. The fraction of sp³-hybridized carbons (Fsp3) is 0.471. The quantitative estimate of drug-likeness (QED) is 0.823. The van der Waals surface area contributed by atoms with E-state index in [1.54, 1.807) is 6.92 Å². The van der Waals surface area contributed by atoms with Gasteiger partial charge in [-0.2, -0.15) is 5.26 Å². The molecule has 0 saturated carbocycles. The number of nitriles is 1. The highest BCUT2D eigenvalue weighted by Gasteiger charge is 2.34. The number of guanidine groups is 1. The SMILES string of the molecule is CC1NN=C(N2CCCC(N)C2)N(Cc2cc(F)ccc2C#N)C1=O. The molecule has 2 aliphatic heterocycles. The molecule has 1 aromatic rings. The Morgan fingerprint density at radius 2 is 2.32 bits per heavy atom. The van der Waals surface area contributed by atoms with Gasteiger partial charge in [-0.1, -0.05) is 0 Å². The Kier molecular flexibility index (Phi) is 4.86. The van der Waals surface area contributed by atoms with E-state index in [-0.39, 0.29) is 18.5 Å². The summed E-state index contributed by atoms with van der Waals surface area (Å²) in [6.45, 7) is 3.16. The minimum absolute atomic E-state index is 0.0246. The minimum atomic E-state index is -0.485. The van der Waals surface area contributed by atoms with Crippen molar-refractivity contribution in [1.29, 1.82) is 5.26 Å². The average Bonchev–Trinajstić information content (AvgIpc) is 2.59. The van der Waals surface area contributed by atoms with Crippen LogP contribution in [0.2, 0.25) is 0 Å². The molecule has 0 bridgehead atoms. The van der Waals surface area contributed by atoms with Crippen molar-refractivity contribution in [2.75, 3.05) is 13.1 Å². The highest BCUT2D eigenvalue weighted by atomic mass is 19.1. The van der Waals surface area contributed by atoms with Gasteiger partial charge in [0.05, 0.1) is 18.2 Å². The molecule has 8 heteroatoms. The van der Waals surface area contributed by atoms with E-state index in [1.807, 2.05) is 11.0 Å². The number of hydrogen-bond acceptors (Lipinski definition) is 6. The topological polar surface area (TPSA) is 97.8 Å². The van der Waals surface area contributed by atoms with Gasteiger partial charge in [0.2, 0.25) is 5.96 Å². The fourth-order valence-electron chi connectivity index (χ4n) is 3.16. The smallest absolute Gasteiger partial charge is 0.253 e. The molecule has 0 aliphatic carbocycles. The van der Waals surface area contributed by atoms with E-state index in [2.05, 4.69) is 10.5 Å². The Labute approximate surface area is 145 Å². The van der Waals surface area contributed by atoms with Crippen LogP contribution in [-0.2, 0) is 11.3 Å². The first kappa shape index (κ1) is 17.2. The van der Waals surface area contributed by atoms with Gasteiger partial charge in [-0.05, 0) is 43.5 Å². The number of carbonyl (C=O) groups is 1. The molecule has 3 N–H and O–H groups in total. The van der Waals surface area contributed by atoms with Crippen LogP contribution in [0.25, 0.3) is 0 Å². The summed E-state index contributed by atoms with van der Waals surface area (Å²) >= 11 is 0. The fourth-order valence-corrected chi connectivity index (χ4v) is 3.16. The number of hydrogen-bond donors (Lipinski definition) is 2. The van der Waals surface area contributed by atoms with Crippen molar-refractivity contribution in [3.8, 4) is 6.07 Å². The average molecular weight is 344 g/mol. The lowest BCUT2D eigenvalue weighted by Gasteiger charge is -2.40. The van der Waals surface area contributed by atoms with E-state index < -0.39 is 11.9 Å². The van der Waals surface area contributed by atoms with Gasteiger partial charge in [0, 0.05) is 19.1 Å². The van der Waals surface area contributed by atoms with Gasteiger partial charge < -0.3 is 10.6 Å². The molecule has 2 aliphatic rings. The number of carbonyl (C=O) groups excluding carboxylic acids is 1. The summed E-state index contributed by atoms with van der Waals surface area (Å²) in [4.78, 5) is 16.2. The standard InChI is InChI=1S/C17H21FN6O/c1-11-16(25)24(9-13-7-14(18)5-4-12(13)8-19)17(22-21-11)23-6-2-3-15(20)10-23/h4-5,7,11,15,21H,2-3,6,9-10,20H2,1H3. The Morgan fingerprint density at radius 1 is 1.52 bits per heavy atom. The molecular formula is C17H21FN6O. The number of hydrazone groups is 1. The predicted molar refractivity (Wildman–Crippen MR) is 90.5 cm³/mol. The van der Waals surface area contributed by atoms with E-state index in [9.17, 15) is 14.4 Å². The lowest BCUT2D eigenvalue weighted by molar-refractivity contribution is -0.131. The Morgan fingerprint density at radius 3 is 3.04 bits per heavy atom. The van der Waals surface area contributed by atoms with E-state index in [1.165, 1.54) is 23.1 Å². The Balaban J connectivity index is 1.92. The van der Waals surface area contributed by atoms with Crippen LogP contribution in [0.3, 0.4) is 0 Å². The van der Waals surface area contributed by atoms with Crippen LogP contribution < -0.4 is 11.2 Å². The first-order valence-corrected chi connectivity index (χ1v) is 8.33. The highest BCUT2D eigenvalue weighted by molar-refractivity contribution is 6.00. The van der Waals surface area contributed by atoms with Crippen molar-refractivity contribution in [3.63, 3.8) is 0 Å². The second-order valence-corrected chi connectivity index (χ2v) is 6.45. The molecule has 7 nitrogen and oxygen atoms in total. The summed E-state index contributed by atoms with van der Waals surface area (Å²) in [5.41, 5.74) is 9.67. The van der Waals surface area contributed by atoms with Gasteiger partial charge in [-0.3, -0.25) is 15.1 Å². The van der Waals surface area contributed by atoms with Crippen molar-refractivity contribution in [3.05, 3.63) is 35.1 Å². The molecule has 0 aromatic heterocycles. The summed E-state index contributed by atoms with van der Waals surface area (Å²) in [5.74, 6) is -0.133. The first-order chi connectivity index (χ1) is 12.0. The maximum atomic E-state index is 13.6. The molecule has 1 saturated heterocycles. The van der Waals surface area contributed by atoms with Gasteiger partial charge in [0.1, 0.15) is 11.9 Å². The zero-order valence-electron chi connectivity index (χ0n) is 14.1. The van der Waals surface area contributed by atoms with Crippen LogP contribution in [0.15, 0.2) is 23.3 Å². The van der Waals surface area contributed by atoms with E-state index in [4.69, 9.17) is 5.73 Å². The second kappa shape index (κ2) is 7.07. The molecule has 25 heavy (non-hydrogen) atoms. The third-order valence-corrected chi connectivity index (χ3v) is 4.49. The van der Waals surface area contributed by atoms with Crippen LogP contribution in [0.1, 0.15) is 30.9 Å². The van der Waals surface area contributed by atoms with Crippen LogP contribution in [0.4, 0.5) is 4.39 Å². The molecular weight excluding hydrogens is 323 g/mol. The number of likely N-dealkylation sites (tertiary alicyclic amines) is 1. The van der Waals surface area contributed by atoms with E-state index >= 15 is 0 Å². The summed E-state index contributed by atoms with van der Waals surface area (Å²) < 4.78 is 13.6. The maximum absolute atomic E-state index is 13.6. The molecule has 2 atom stereocenters. The monoisotopic (exact) mass is 344 g/mol. The Hall–Kier alpha value is -2.66. The number of amides is 1. The van der Waals surface area contributed by atoms with Crippen LogP contribution >= 0.6 is 0 Å². The van der Waals surface area contributed by atoms with Gasteiger partial charge in [-0.15, -0.1) is 5.10 Å². The summed E-state index contributed by atoms with van der Waals surface area (Å²) in [5, 5.41) is 13.6. The van der Waals surface area contributed by atoms with E-state index in [0.29, 0.717) is 23.6 Å². The van der Waals surface area contributed by atoms with Gasteiger partial charge in [0.15, 0.2) is 0 Å². The highest BCUT2D eigenvalue weighted by Crippen LogP contribution is 2.19. The zero-order valence-corrected chi connectivity index (χ0v) is 14.1. The summed E-state index contributed by atoms with van der Waals surface area (Å²) in [6, 6.07) is 5.54. The number of nitrogens with zero attached hydrogens (tertiary/aromatic N) is 4. The van der Waals surface area contributed by atoms with Gasteiger partial charge in [0.25, 0.3) is 5.91 Å². The summed E-state index contributed by atoms with van der Waals surface area (Å²) in [6.07, 6.45) is 1.85. The molecule has 132 valence electrons. The van der Waals surface area contributed by atoms with Crippen molar-refractivity contribution in [2.45, 2.75) is 38.4 Å². The van der Waals surface area contributed by atoms with Gasteiger partial charge in [-0.25, -0.2) is 4.39 Å². The lowest BCUT2D eigenvalue weighted by atomic mass is 10.1. The normalized spacial score (nSPS) is 23.8. The predicted octanol–water partition coefficient (Wildman–Crippen LogP) is 0.712. The third-order valence-electron chi connectivity index (χ3n) is 4.49. The molecule has 3 rings (SSSR count). The van der Waals surface area contributed by atoms with Crippen molar-refractivity contribution in [1.82, 2.24) is 15.2 Å². The second-order valence-electron chi connectivity index (χ2n) is 6.45. The largest absolute Gasteiger partial charge is 0.339 e. The van der Waals surface area contributed by atoms with Crippen molar-refractivity contribution in [2.24, 2.45) is 10.8 Å². The molecule has 0 radical (unpaired) electrons. The van der Waals surface area contributed by atoms with Crippen LogP contribution in [0, 0.1) is 17.1 Å². The number of benzene rings is 1. The van der Waals surface area contributed by atoms with Crippen LogP contribution in [0.5, 0.6) is 0 Å². The Bertz CT molecular complexity index is 743. The lowest BCUT2D eigenvalue weighted by Crippen LogP contribution is -2.59. The molecule has 1 fully saturated rings. The third kappa shape index (κ3) is 3.56. The molecule has 2 heterocycles. The van der Waals surface area contributed by atoms with Crippen LogP contribution in [-0.4, -0.2) is 46.8 Å². The summed E-state index contributed by atoms with van der Waals surface area (Å²) in [7, 11) is 0. The maximum Gasteiger partial charge on any atom is 0.253 e. The molecule has 0 spiro atoms. The molecule has 1 aromatic carbocycles.